The average molecular weight is 243 g/mol. The Kier molecular flexibility index (Phi) is 4.15. The van der Waals surface area contributed by atoms with Gasteiger partial charge in [0, 0.05) is 24.0 Å². The van der Waals surface area contributed by atoms with Gasteiger partial charge < -0.3 is 10.2 Å². The molecule has 0 aliphatic carbocycles. The first-order chi connectivity index (χ1) is 8.70. The van der Waals surface area contributed by atoms with E-state index < -0.39 is 0 Å². The Hall–Kier alpha value is -1.61. The molecular weight excluding hydrogens is 222 g/mol. The van der Waals surface area contributed by atoms with E-state index in [1.165, 1.54) is 10.9 Å². The van der Waals surface area contributed by atoms with Crippen molar-refractivity contribution in [2.24, 2.45) is 0 Å². The number of nitrogens with one attached hydrogen (secondary N) is 1. The summed E-state index contributed by atoms with van der Waals surface area (Å²) in [4.78, 5) is 6.90. The Balaban J connectivity index is 2.42. The summed E-state index contributed by atoms with van der Waals surface area (Å²) in [7, 11) is 4.16. The molecule has 1 aromatic carbocycles. The van der Waals surface area contributed by atoms with Crippen LogP contribution >= 0.6 is 0 Å². The molecule has 2 rings (SSSR count). The van der Waals surface area contributed by atoms with Crippen LogP contribution in [0.1, 0.15) is 18.9 Å². The molecule has 0 fully saturated rings. The van der Waals surface area contributed by atoms with Crippen LogP contribution in [0.5, 0.6) is 0 Å². The lowest BCUT2D eigenvalue weighted by atomic mass is 10.1. The topological polar surface area (TPSA) is 28.2 Å². The lowest BCUT2D eigenvalue weighted by Gasteiger charge is -2.15. The molecule has 2 aromatic rings. The number of para-hydroxylation sites is 1. The minimum Gasteiger partial charge on any atom is -0.370 e. The molecule has 1 heterocycles. The van der Waals surface area contributed by atoms with Gasteiger partial charge in [-0.25, -0.2) is 4.98 Å². The third-order valence-corrected chi connectivity index (χ3v) is 2.83. The van der Waals surface area contributed by atoms with Crippen molar-refractivity contribution in [1.82, 2.24) is 9.88 Å². The van der Waals surface area contributed by atoms with E-state index >= 15 is 0 Å². The number of aromatic nitrogens is 1. The average Bonchev–Trinajstić information content (AvgIpc) is 2.35. The van der Waals surface area contributed by atoms with Crippen LogP contribution in [0.25, 0.3) is 10.9 Å². The summed E-state index contributed by atoms with van der Waals surface area (Å²) in [5.41, 5.74) is 2.31. The number of anilines is 1. The van der Waals surface area contributed by atoms with E-state index in [1.54, 1.807) is 0 Å². The maximum atomic E-state index is 4.73. The molecule has 1 N–H and O–H groups in total. The first-order valence-corrected chi connectivity index (χ1v) is 6.48. The van der Waals surface area contributed by atoms with Crippen LogP contribution < -0.4 is 5.32 Å². The molecule has 0 saturated carbocycles. The quantitative estimate of drug-likeness (QED) is 0.874. The summed E-state index contributed by atoms with van der Waals surface area (Å²) in [6.07, 6.45) is 1.11. The first-order valence-electron chi connectivity index (χ1n) is 6.48. The standard InChI is InChI=1S/C15H21N3/c1-4-9-16-15-13(11-18(2)3)10-12-7-5-6-8-14(12)17-15/h5-8,10H,4,9,11H2,1-3H3,(H,16,17). The molecule has 0 saturated heterocycles. The third-order valence-electron chi connectivity index (χ3n) is 2.83. The second-order valence-electron chi connectivity index (χ2n) is 4.85. The molecular formula is C15H21N3. The molecule has 3 nitrogen and oxygen atoms in total. The maximum Gasteiger partial charge on any atom is 0.131 e. The molecule has 0 aliphatic heterocycles. The van der Waals surface area contributed by atoms with Crippen LogP contribution in [0.15, 0.2) is 30.3 Å². The molecule has 18 heavy (non-hydrogen) atoms. The van der Waals surface area contributed by atoms with Gasteiger partial charge in [-0.2, -0.15) is 0 Å². The predicted octanol–water partition coefficient (Wildman–Crippen LogP) is 3.12. The van der Waals surface area contributed by atoms with Crippen LogP contribution in [0.3, 0.4) is 0 Å². The number of benzene rings is 1. The molecule has 0 spiro atoms. The SMILES string of the molecule is CCCNc1nc2ccccc2cc1CN(C)C. The van der Waals surface area contributed by atoms with Crippen LogP contribution in [-0.4, -0.2) is 30.5 Å². The van der Waals surface area contributed by atoms with Crippen LogP contribution in [0, 0.1) is 0 Å². The fourth-order valence-corrected chi connectivity index (χ4v) is 2.02. The number of hydrogen-bond donors (Lipinski definition) is 1. The number of rotatable bonds is 5. The maximum absolute atomic E-state index is 4.73. The predicted molar refractivity (Wildman–Crippen MR) is 77.9 cm³/mol. The number of fused-ring (bicyclic) bond motifs is 1. The van der Waals surface area contributed by atoms with Crippen LogP contribution in [0.4, 0.5) is 5.82 Å². The van der Waals surface area contributed by atoms with Crippen molar-refractivity contribution >= 4 is 16.7 Å². The summed E-state index contributed by atoms with van der Waals surface area (Å²) in [5, 5.41) is 4.63. The van der Waals surface area contributed by atoms with Crippen LogP contribution in [-0.2, 0) is 6.54 Å². The second-order valence-corrected chi connectivity index (χ2v) is 4.85. The fourth-order valence-electron chi connectivity index (χ4n) is 2.02. The van der Waals surface area contributed by atoms with Gasteiger partial charge in [0.05, 0.1) is 5.52 Å². The number of nitrogens with zero attached hydrogens (tertiary/aromatic N) is 2. The van der Waals surface area contributed by atoms with Gasteiger partial charge in [0.25, 0.3) is 0 Å². The molecule has 0 radical (unpaired) electrons. The molecule has 0 atom stereocenters. The summed E-state index contributed by atoms with van der Waals surface area (Å²) >= 11 is 0. The minimum absolute atomic E-state index is 0.907. The second kappa shape index (κ2) is 5.83. The van der Waals surface area contributed by atoms with E-state index in [-0.39, 0.29) is 0 Å². The molecule has 3 heteroatoms. The Morgan fingerprint density at radius 1 is 1.22 bits per heavy atom. The monoisotopic (exact) mass is 243 g/mol. The van der Waals surface area contributed by atoms with E-state index in [2.05, 4.69) is 55.5 Å². The zero-order valence-corrected chi connectivity index (χ0v) is 11.4. The van der Waals surface area contributed by atoms with Gasteiger partial charge in [-0.3, -0.25) is 0 Å². The van der Waals surface area contributed by atoms with Gasteiger partial charge in [-0.15, -0.1) is 0 Å². The number of pyridine rings is 1. The highest BCUT2D eigenvalue weighted by atomic mass is 15.1. The van der Waals surface area contributed by atoms with Gasteiger partial charge in [0.1, 0.15) is 5.82 Å². The van der Waals surface area contributed by atoms with Gasteiger partial charge in [0.15, 0.2) is 0 Å². The van der Waals surface area contributed by atoms with Crippen molar-refractivity contribution in [2.75, 3.05) is 26.0 Å². The summed E-state index contributed by atoms with van der Waals surface area (Å²) in [6.45, 7) is 4.04. The molecule has 1 aromatic heterocycles. The fraction of sp³-hybridized carbons (Fsp3) is 0.400. The van der Waals surface area contributed by atoms with Crippen molar-refractivity contribution in [2.45, 2.75) is 19.9 Å². The highest BCUT2D eigenvalue weighted by molar-refractivity contribution is 5.81. The van der Waals surface area contributed by atoms with E-state index in [0.717, 1.165) is 30.8 Å². The van der Waals surface area contributed by atoms with Crippen molar-refractivity contribution in [3.63, 3.8) is 0 Å². The van der Waals surface area contributed by atoms with E-state index in [0.29, 0.717) is 0 Å². The van der Waals surface area contributed by atoms with Gasteiger partial charge in [-0.1, -0.05) is 25.1 Å². The lowest BCUT2D eigenvalue weighted by molar-refractivity contribution is 0.403. The Bertz CT molecular complexity index is 520. The van der Waals surface area contributed by atoms with Crippen LogP contribution in [0.2, 0.25) is 0 Å². The minimum atomic E-state index is 0.907. The van der Waals surface area contributed by atoms with E-state index in [1.807, 2.05) is 6.07 Å². The van der Waals surface area contributed by atoms with Crippen molar-refractivity contribution in [3.8, 4) is 0 Å². The summed E-state index contributed by atoms with van der Waals surface area (Å²) < 4.78 is 0. The zero-order valence-electron chi connectivity index (χ0n) is 11.4. The molecule has 0 bridgehead atoms. The van der Waals surface area contributed by atoms with Gasteiger partial charge >= 0.3 is 0 Å². The van der Waals surface area contributed by atoms with E-state index in [9.17, 15) is 0 Å². The Labute approximate surface area is 109 Å². The highest BCUT2D eigenvalue weighted by Crippen LogP contribution is 2.21. The highest BCUT2D eigenvalue weighted by Gasteiger charge is 2.07. The van der Waals surface area contributed by atoms with Crippen molar-refractivity contribution < 1.29 is 0 Å². The third kappa shape index (κ3) is 2.99. The van der Waals surface area contributed by atoms with Crippen molar-refractivity contribution in [3.05, 3.63) is 35.9 Å². The van der Waals surface area contributed by atoms with E-state index in [4.69, 9.17) is 4.98 Å². The smallest absolute Gasteiger partial charge is 0.131 e. The lowest BCUT2D eigenvalue weighted by Crippen LogP contribution is -2.14. The Morgan fingerprint density at radius 2 is 2.00 bits per heavy atom. The summed E-state index contributed by atoms with van der Waals surface area (Å²) in [6, 6.07) is 10.5. The molecule has 0 unspecified atom stereocenters. The number of hydrogen-bond acceptors (Lipinski definition) is 3. The molecule has 96 valence electrons. The van der Waals surface area contributed by atoms with Crippen molar-refractivity contribution in [1.29, 1.82) is 0 Å². The largest absolute Gasteiger partial charge is 0.370 e. The normalized spacial score (nSPS) is 11.1. The Morgan fingerprint density at radius 3 is 2.72 bits per heavy atom. The zero-order chi connectivity index (χ0) is 13.0. The van der Waals surface area contributed by atoms with Gasteiger partial charge in [-0.05, 0) is 32.6 Å². The molecule has 0 amide bonds. The molecule has 0 aliphatic rings. The summed E-state index contributed by atoms with van der Waals surface area (Å²) in [5.74, 6) is 1.02. The van der Waals surface area contributed by atoms with Gasteiger partial charge in [0.2, 0.25) is 0 Å². The first kappa shape index (κ1) is 12.8.